The zero-order valence-corrected chi connectivity index (χ0v) is 9.79. The van der Waals surface area contributed by atoms with Crippen LogP contribution < -0.4 is 11.1 Å². The maximum atomic E-state index is 6.11. The van der Waals surface area contributed by atoms with Crippen LogP contribution in [0.2, 0.25) is 0 Å². The Labute approximate surface area is 100 Å². The summed E-state index contributed by atoms with van der Waals surface area (Å²) in [6.07, 6.45) is 3.67. The molecule has 3 heteroatoms. The third kappa shape index (κ3) is 1.20. The molecule has 1 unspecified atom stereocenters. The Morgan fingerprint density at radius 2 is 2.24 bits per heavy atom. The number of hydrogen-bond acceptors (Lipinski definition) is 2. The molecule has 88 valence electrons. The fraction of sp³-hybridized carbons (Fsp3) is 0.429. The first-order chi connectivity index (χ1) is 8.34. The van der Waals surface area contributed by atoms with Gasteiger partial charge in [-0.05, 0) is 37.4 Å². The number of H-pyrrole nitrogens is 1. The van der Waals surface area contributed by atoms with Gasteiger partial charge in [-0.15, -0.1) is 0 Å². The summed E-state index contributed by atoms with van der Waals surface area (Å²) in [6, 6.07) is 7.15. The van der Waals surface area contributed by atoms with Crippen LogP contribution in [0.15, 0.2) is 18.2 Å². The molecule has 2 aliphatic rings. The van der Waals surface area contributed by atoms with Crippen LogP contribution in [0.1, 0.15) is 29.9 Å². The van der Waals surface area contributed by atoms with Gasteiger partial charge in [-0.25, -0.2) is 0 Å². The molecule has 1 aromatic heterocycles. The number of nitrogen functional groups attached to an aromatic ring is 1. The predicted octanol–water partition coefficient (Wildman–Crippen LogP) is 2.14. The number of aromatic nitrogens is 1. The van der Waals surface area contributed by atoms with Crippen molar-refractivity contribution in [1.82, 2.24) is 10.3 Å². The zero-order valence-electron chi connectivity index (χ0n) is 9.79. The molecule has 1 aromatic carbocycles. The zero-order chi connectivity index (χ0) is 11.4. The summed E-state index contributed by atoms with van der Waals surface area (Å²) in [4.78, 5) is 3.32. The van der Waals surface area contributed by atoms with Gasteiger partial charge in [0.25, 0.3) is 0 Å². The number of anilines is 1. The van der Waals surface area contributed by atoms with Crippen LogP contribution in [0.3, 0.4) is 0 Å². The van der Waals surface area contributed by atoms with E-state index in [4.69, 9.17) is 5.73 Å². The van der Waals surface area contributed by atoms with Crippen LogP contribution in [-0.4, -0.2) is 17.6 Å². The van der Waals surface area contributed by atoms with Gasteiger partial charge >= 0.3 is 0 Å². The van der Waals surface area contributed by atoms with E-state index in [9.17, 15) is 0 Å². The van der Waals surface area contributed by atoms with Crippen LogP contribution >= 0.6 is 0 Å². The minimum absolute atomic E-state index is 0.583. The number of aromatic amines is 1. The SMILES string of the molecule is Nc1[nH]c2cccc3c2c1C[C@H]1NCCCC31. The second-order valence-corrected chi connectivity index (χ2v) is 5.30. The van der Waals surface area contributed by atoms with E-state index in [0.717, 1.165) is 18.8 Å². The molecule has 0 bridgehead atoms. The highest BCUT2D eigenvalue weighted by molar-refractivity contribution is 5.92. The molecule has 17 heavy (non-hydrogen) atoms. The third-order valence-electron chi connectivity index (χ3n) is 4.40. The van der Waals surface area contributed by atoms with Gasteiger partial charge in [0.05, 0.1) is 0 Å². The minimum atomic E-state index is 0.583. The first kappa shape index (κ1) is 9.54. The van der Waals surface area contributed by atoms with Crippen molar-refractivity contribution in [2.45, 2.75) is 31.2 Å². The largest absolute Gasteiger partial charge is 0.385 e. The van der Waals surface area contributed by atoms with E-state index in [0.29, 0.717) is 12.0 Å². The highest BCUT2D eigenvalue weighted by Crippen LogP contribution is 2.42. The van der Waals surface area contributed by atoms with E-state index in [2.05, 4.69) is 28.5 Å². The van der Waals surface area contributed by atoms with E-state index < -0.39 is 0 Å². The normalized spacial score (nSPS) is 27.1. The monoisotopic (exact) mass is 227 g/mol. The molecule has 0 radical (unpaired) electrons. The molecule has 2 aromatic rings. The number of fused-ring (bicyclic) bond motifs is 2. The highest BCUT2D eigenvalue weighted by atomic mass is 14.9. The maximum absolute atomic E-state index is 6.11. The topological polar surface area (TPSA) is 53.8 Å². The highest BCUT2D eigenvalue weighted by Gasteiger charge is 2.33. The third-order valence-corrected chi connectivity index (χ3v) is 4.40. The van der Waals surface area contributed by atoms with Gasteiger partial charge in [0, 0.05) is 28.4 Å². The van der Waals surface area contributed by atoms with Crippen LogP contribution in [0.5, 0.6) is 0 Å². The van der Waals surface area contributed by atoms with Crippen molar-refractivity contribution in [2.75, 3.05) is 12.3 Å². The number of nitrogens with one attached hydrogen (secondary N) is 2. The standard InChI is InChI=1S/C14H17N3/c15-14-10-7-12-8(4-2-6-16-12)9-3-1-5-11(17-14)13(9)10/h1,3,5,8,12,16-17H,2,4,6-7,15H2/t8?,12-/m1/s1. The van der Waals surface area contributed by atoms with Crippen LogP contribution in [0.25, 0.3) is 10.9 Å². The number of rotatable bonds is 0. The smallest absolute Gasteiger partial charge is 0.105 e. The van der Waals surface area contributed by atoms with Crippen LogP contribution in [-0.2, 0) is 6.42 Å². The van der Waals surface area contributed by atoms with Crippen molar-refractivity contribution in [3.63, 3.8) is 0 Å². The van der Waals surface area contributed by atoms with Gasteiger partial charge in [0.15, 0.2) is 0 Å². The Morgan fingerprint density at radius 1 is 1.29 bits per heavy atom. The quantitative estimate of drug-likeness (QED) is 0.646. The van der Waals surface area contributed by atoms with Crippen molar-refractivity contribution < 1.29 is 0 Å². The lowest BCUT2D eigenvalue weighted by Crippen LogP contribution is -2.43. The van der Waals surface area contributed by atoms with Gasteiger partial charge in [-0.2, -0.15) is 0 Å². The molecule has 2 heterocycles. The summed E-state index contributed by atoms with van der Waals surface area (Å²) in [5.74, 6) is 1.54. The van der Waals surface area contributed by atoms with Crippen molar-refractivity contribution in [3.05, 3.63) is 29.3 Å². The summed E-state index contributed by atoms with van der Waals surface area (Å²) in [5.41, 5.74) is 10.1. The van der Waals surface area contributed by atoms with E-state index in [1.165, 1.54) is 34.9 Å². The van der Waals surface area contributed by atoms with Crippen molar-refractivity contribution in [1.29, 1.82) is 0 Å². The molecule has 1 fully saturated rings. The molecule has 1 saturated heterocycles. The van der Waals surface area contributed by atoms with Crippen molar-refractivity contribution >= 4 is 16.7 Å². The van der Waals surface area contributed by atoms with Gasteiger partial charge in [-0.3, -0.25) is 0 Å². The van der Waals surface area contributed by atoms with Crippen molar-refractivity contribution in [2.24, 2.45) is 0 Å². The Hall–Kier alpha value is -1.48. The summed E-state index contributed by atoms with van der Waals surface area (Å²) in [6.45, 7) is 1.15. The van der Waals surface area contributed by atoms with E-state index in [1.807, 2.05) is 0 Å². The predicted molar refractivity (Wildman–Crippen MR) is 70.2 cm³/mol. The molecule has 2 atom stereocenters. The van der Waals surface area contributed by atoms with Gasteiger partial charge in [-0.1, -0.05) is 12.1 Å². The lowest BCUT2D eigenvalue weighted by atomic mass is 9.76. The lowest BCUT2D eigenvalue weighted by molar-refractivity contribution is 0.345. The average molecular weight is 227 g/mol. The van der Waals surface area contributed by atoms with Gasteiger partial charge in [0.2, 0.25) is 0 Å². The van der Waals surface area contributed by atoms with E-state index in [1.54, 1.807) is 0 Å². The number of hydrogen-bond donors (Lipinski definition) is 3. The average Bonchev–Trinajstić information content (AvgIpc) is 2.68. The Morgan fingerprint density at radius 3 is 3.18 bits per heavy atom. The van der Waals surface area contributed by atoms with Gasteiger partial charge in [0.1, 0.15) is 5.82 Å². The van der Waals surface area contributed by atoms with Crippen LogP contribution in [0.4, 0.5) is 5.82 Å². The second-order valence-electron chi connectivity index (χ2n) is 5.30. The number of benzene rings is 1. The lowest BCUT2D eigenvalue weighted by Gasteiger charge is -2.36. The fourth-order valence-electron chi connectivity index (χ4n) is 3.65. The van der Waals surface area contributed by atoms with Crippen molar-refractivity contribution in [3.8, 4) is 0 Å². The molecule has 0 amide bonds. The number of piperidine rings is 1. The minimum Gasteiger partial charge on any atom is -0.385 e. The molecule has 4 N–H and O–H groups in total. The Bertz CT molecular complexity index is 584. The Balaban J connectivity index is 2.01. The maximum Gasteiger partial charge on any atom is 0.105 e. The Kier molecular flexibility index (Phi) is 1.83. The molecule has 0 saturated carbocycles. The summed E-state index contributed by atoms with van der Waals surface area (Å²) >= 11 is 0. The molecule has 1 aliphatic carbocycles. The summed E-state index contributed by atoms with van der Waals surface area (Å²) in [5, 5.41) is 5.05. The summed E-state index contributed by atoms with van der Waals surface area (Å²) in [7, 11) is 0. The van der Waals surface area contributed by atoms with E-state index in [-0.39, 0.29) is 0 Å². The van der Waals surface area contributed by atoms with E-state index >= 15 is 0 Å². The number of nitrogens with two attached hydrogens (primary N) is 1. The molecular formula is C14H17N3. The fourth-order valence-corrected chi connectivity index (χ4v) is 3.65. The van der Waals surface area contributed by atoms with Crippen LogP contribution in [0, 0.1) is 0 Å². The second kappa shape index (κ2) is 3.26. The van der Waals surface area contributed by atoms with Gasteiger partial charge < -0.3 is 16.0 Å². The molecular weight excluding hydrogens is 210 g/mol. The summed E-state index contributed by atoms with van der Waals surface area (Å²) < 4.78 is 0. The molecule has 4 rings (SSSR count). The first-order valence-electron chi connectivity index (χ1n) is 6.47. The molecule has 0 spiro atoms. The molecule has 1 aliphatic heterocycles. The molecule has 3 nitrogen and oxygen atoms in total. The first-order valence-corrected chi connectivity index (χ1v) is 6.47.